The SMILES string of the molecule is O=[N+]([O-])c1ccc(Br)cc1S(=O)(=O)NCC1(O)CCOC1. The number of nitro groups is 1. The summed E-state index contributed by atoms with van der Waals surface area (Å²) in [5, 5.41) is 21.0. The number of rotatable bonds is 5. The molecule has 1 unspecified atom stereocenters. The number of sulfonamides is 1. The summed E-state index contributed by atoms with van der Waals surface area (Å²) in [4.78, 5) is 9.71. The third kappa shape index (κ3) is 3.77. The van der Waals surface area contributed by atoms with Crippen LogP contribution in [0.4, 0.5) is 5.69 Å². The Morgan fingerprint density at radius 1 is 1.52 bits per heavy atom. The van der Waals surface area contributed by atoms with E-state index in [-0.39, 0.29) is 13.2 Å². The van der Waals surface area contributed by atoms with E-state index in [1.165, 1.54) is 6.07 Å². The molecular weight excluding hydrogens is 368 g/mol. The number of nitro benzene ring substituents is 1. The van der Waals surface area contributed by atoms with Gasteiger partial charge in [0.2, 0.25) is 10.0 Å². The lowest BCUT2D eigenvalue weighted by Gasteiger charge is -2.20. The smallest absolute Gasteiger partial charge is 0.289 e. The molecular formula is C11H13BrN2O6S. The zero-order valence-corrected chi connectivity index (χ0v) is 13.2. The molecule has 0 aliphatic carbocycles. The van der Waals surface area contributed by atoms with Gasteiger partial charge in [0.25, 0.3) is 5.69 Å². The van der Waals surface area contributed by atoms with Crippen LogP contribution in [0.3, 0.4) is 0 Å². The van der Waals surface area contributed by atoms with Crippen molar-refractivity contribution < 1.29 is 23.2 Å². The van der Waals surface area contributed by atoms with Crippen LogP contribution in [0.25, 0.3) is 0 Å². The lowest BCUT2D eigenvalue weighted by molar-refractivity contribution is -0.387. The van der Waals surface area contributed by atoms with E-state index in [0.29, 0.717) is 17.5 Å². The Hall–Kier alpha value is -1.07. The Kier molecular flexibility index (Phi) is 4.63. The summed E-state index contributed by atoms with van der Waals surface area (Å²) in [5.41, 5.74) is -1.81. The van der Waals surface area contributed by atoms with Crippen LogP contribution in [0.15, 0.2) is 27.6 Å². The fourth-order valence-electron chi connectivity index (χ4n) is 1.90. The molecule has 21 heavy (non-hydrogen) atoms. The topological polar surface area (TPSA) is 119 Å². The summed E-state index contributed by atoms with van der Waals surface area (Å²) in [6.45, 7) is 0.102. The lowest BCUT2D eigenvalue weighted by atomic mass is 10.1. The Morgan fingerprint density at radius 2 is 2.24 bits per heavy atom. The van der Waals surface area contributed by atoms with Crippen molar-refractivity contribution in [2.75, 3.05) is 19.8 Å². The molecule has 116 valence electrons. The van der Waals surface area contributed by atoms with E-state index in [9.17, 15) is 23.6 Å². The third-order valence-corrected chi connectivity index (χ3v) is 5.01. The maximum atomic E-state index is 12.2. The maximum Gasteiger partial charge on any atom is 0.289 e. The second-order valence-electron chi connectivity index (χ2n) is 4.72. The minimum atomic E-state index is -4.12. The highest BCUT2D eigenvalue weighted by Gasteiger charge is 2.35. The van der Waals surface area contributed by atoms with Crippen LogP contribution in [0.2, 0.25) is 0 Å². The van der Waals surface area contributed by atoms with Crippen molar-refractivity contribution in [3.05, 3.63) is 32.8 Å². The molecule has 1 aromatic carbocycles. The van der Waals surface area contributed by atoms with Gasteiger partial charge in [0.05, 0.1) is 11.5 Å². The molecule has 0 amide bonds. The van der Waals surface area contributed by atoms with Gasteiger partial charge < -0.3 is 9.84 Å². The van der Waals surface area contributed by atoms with Gasteiger partial charge in [-0.05, 0) is 12.1 Å². The van der Waals surface area contributed by atoms with E-state index >= 15 is 0 Å². The second-order valence-corrected chi connectivity index (χ2v) is 7.37. The van der Waals surface area contributed by atoms with Crippen molar-refractivity contribution in [2.45, 2.75) is 16.9 Å². The second kappa shape index (κ2) is 5.97. The van der Waals surface area contributed by atoms with Gasteiger partial charge in [-0.15, -0.1) is 0 Å². The molecule has 1 aromatic rings. The number of benzene rings is 1. The average molecular weight is 381 g/mol. The van der Waals surface area contributed by atoms with Crippen molar-refractivity contribution in [1.29, 1.82) is 0 Å². The standard InChI is InChI=1S/C11H13BrN2O6S/c12-8-1-2-9(14(16)17)10(5-8)21(18,19)13-6-11(15)3-4-20-7-11/h1-2,5,13,15H,3-4,6-7H2. The zero-order valence-electron chi connectivity index (χ0n) is 10.8. The van der Waals surface area contributed by atoms with E-state index in [4.69, 9.17) is 4.74 Å². The van der Waals surface area contributed by atoms with Crippen molar-refractivity contribution >= 4 is 31.6 Å². The van der Waals surface area contributed by atoms with Gasteiger partial charge in [-0.25, -0.2) is 13.1 Å². The Morgan fingerprint density at radius 3 is 2.81 bits per heavy atom. The lowest BCUT2D eigenvalue weighted by Crippen LogP contribution is -2.43. The minimum absolute atomic E-state index is 0.0239. The average Bonchev–Trinajstić information content (AvgIpc) is 2.84. The molecule has 1 aliphatic heterocycles. The number of nitrogens with zero attached hydrogens (tertiary/aromatic N) is 1. The zero-order chi connectivity index (χ0) is 15.7. The molecule has 8 nitrogen and oxygen atoms in total. The minimum Gasteiger partial charge on any atom is -0.386 e. The maximum absolute atomic E-state index is 12.2. The van der Waals surface area contributed by atoms with Gasteiger partial charge in [-0.2, -0.15) is 0 Å². The molecule has 1 atom stereocenters. The van der Waals surface area contributed by atoms with E-state index in [1.54, 1.807) is 0 Å². The fraction of sp³-hybridized carbons (Fsp3) is 0.455. The van der Waals surface area contributed by atoms with E-state index < -0.39 is 31.1 Å². The number of ether oxygens (including phenoxy) is 1. The number of aliphatic hydroxyl groups is 1. The summed E-state index contributed by atoms with van der Waals surface area (Å²) in [7, 11) is -4.12. The largest absolute Gasteiger partial charge is 0.386 e. The number of hydrogen-bond acceptors (Lipinski definition) is 6. The van der Waals surface area contributed by atoms with E-state index in [2.05, 4.69) is 20.7 Å². The summed E-state index contributed by atoms with van der Waals surface area (Å²) in [5.74, 6) is 0. The van der Waals surface area contributed by atoms with Gasteiger partial charge >= 0.3 is 0 Å². The predicted molar refractivity (Wildman–Crippen MR) is 76.4 cm³/mol. The van der Waals surface area contributed by atoms with Crippen molar-refractivity contribution in [1.82, 2.24) is 4.72 Å². The van der Waals surface area contributed by atoms with Gasteiger partial charge in [-0.3, -0.25) is 10.1 Å². The summed E-state index contributed by atoms with van der Waals surface area (Å²) < 4.78 is 32.0. The first-order chi connectivity index (χ1) is 9.73. The number of hydrogen-bond donors (Lipinski definition) is 2. The first kappa shape index (κ1) is 16.3. The van der Waals surface area contributed by atoms with Gasteiger partial charge in [0, 0.05) is 30.1 Å². The van der Waals surface area contributed by atoms with Crippen LogP contribution in [0.5, 0.6) is 0 Å². The van der Waals surface area contributed by atoms with Gasteiger partial charge in [0.15, 0.2) is 4.90 Å². The summed E-state index contributed by atoms with van der Waals surface area (Å²) in [6.07, 6.45) is 0.302. The van der Waals surface area contributed by atoms with Crippen LogP contribution in [0.1, 0.15) is 6.42 Å². The van der Waals surface area contributed by atoms with Crippen LogP contribution in [-0.2, 0) is 14.8 Å². The van der Waals surface area contributed by atoms with Crippen molar-refractivity contribution in [2.24, 2.45) is 0 Å². The van der Waals surface area contributed by atoms with Gasteiger partial charge in [-0.1, -0.05) is 15.9 Å². The predicted octanol–water partition coefficient (Wildman–Crippen LogP) is 0.787. The molecule has 10 heteroatoms. The quantitative estimate of drug-likeness (QED) is 0.575. The van der Waals surface area contributed by atoms with Crippen molar-refractivity contribution in [3.8, 4) is 0 Å². The molecule has 0 aromatic heterocycles. The summed E-state index contributed by atoms with van der Waals surface area (Å²) >= 11 is 3.08. The first-order valence-corrected chi connectivity index (χ1v) is 8.25. The van der Waals surface area contributed by atoms with Crippen LogP contribution < -0.4 is 4.72 Å². The highest BCUT2D eigenvalue weighted by atomic mass is 79.9. The Labute approximate surface area is 129 Å². The summed E-state index contributed by atoms with van der Waals surface area (Å²) in [6, 6.07) is 3.64. The molecule has 1 saturated heterocycles. The molecule has 1 heterocycles. The first-order valence-electron chi connectivity index (χ1n) is 5.97. The molecule has 2 N–H and O–H groups in total. The monoisotopic (exact) mass is 380 g/mol. The fourth-order valence-corrected chi connectivity index (χ4v) is 3.72. The number of halogens is 1. The molecule has 1 aliphatic rings. The van der Waals surface area contributed by atoms with E-state index in [1.807, 2.05) is 0 Å². The highest BCUT2D eigenvalue weighted by Crippen LogP contribution is 2.27. The van der Waals surface area contributed by atoms with Crippen LogP contribution in [0, 0.1) is 10.1 Å². The van der Waals surface area contributed by atoms with Gasteiger partial charge in [0.1, 0.15) is 5.60 Å². The normalized spacial score (nSPS) is 22.4. The molecule has 2 rings (SSSR count). The molecule has 1 fully saturated rings. The molecule has 0 spiro atoms. The molecule has 0 radical (unpaired) electrons. The van der Waals surface area contributed by atoms with Crippen LogP contribution in [-0.4, -0.2) is 43.8 Å². The Balaban J connectivity index is 2.27. The highest BCUT2D eigenvalue weighted by molar-refractivity contribution is 9.10. The molecule has 0 saturated carbocycles. The van der Waals surface area contributed by atoms with Crippen molar-refractivity contribution in [3.63, 3.8) is 0 Å². The third-order valence-electron chi connectivity index (χ3n) is 3.08. The number of nitrogens with one attached hydrogen (secondary N) is 1. The van der Waals surface area contributed by atoms with Crippen LogP contribution >= 0.6 is 15.9 Å². The Bertz CT molecular complexity index is 657. The van der Waals surface area contributed by atoms with E-state index in [0.717, 1.165) is 12.1 Å². The molecule has 0 bridgehead atoms.